The lowest BCUT2D eigenvalue weighted by molar-refractivity contribution is 0.102. The molecule has 0 unspecified atom stereocenters. The van der Waals surface area contributed by atoms with E-state index in [-0.39, 0.29) is 5.91 Å². The Morgan fingerprint density at radius 3 is 2.78 bits per heavy atom. The summed E-state index contributed by atoms with van der Waals surface area (Å²) in [5.74, 6) is 0.117. The van der Waals surface area contributed by atoms with Gasteiger partial charge in [0.2, 0.25) is 0 Å². The van der Waals surface area contributed by atoms with Crippen molar-refractivity contribution in [2.45, 2.75) is 13.8 Å². The molecule has 1 amide bonds. The monoisotopic (exact) mass is 242 g/mol. The molecule has 2 aromatic heterocycles. The summed E-state index contributed by atoms with van der Waals surface area (Å²) in [5, 5.41) is 2.80. The molecule has 0 aliphatic carbocycles. The molecule has 2 aromatic rings. The van der Waals surface area contributed by atoms with Crippen LogP contribution >= 0.6 is 0 Å². The van der Waals surface area contributed by atoms with Gasteiger partial charge in [0.05, 0.1) is 11.9 Å². The lowest BCUT2D eigenvalue weighted by Gasteiger charge is -2.08. The average molecular weight is 242 g/mol. The number of hydrogen-bond donors (Lipinski definition) is 2. The first kappa shape index (κ1) is 12.0. The van der Waals surface area contributed by atoms with Crippen molar-refractivity contribution in [2.75, 3.05) is 11.1 Å². The van der Waals surface area contributed by atoms with Gasteiger partial charge in [0.1, 0.15) is 5.82 Å². The first-order valence-corrected chi connectivity index (χ1v) is 5.52. The molecule has 0 bridgehead atoms. The number of aromatic nitrogens is 2. The van der Waals surface area contributed by atoms with Crippen LogP contribution in [0.4, 0.5) is 11.5 Å². The minimum Gasteiger partial charge on any atom is -0.384 e. The zero-order valence-corrected chi connectivity index (χ0v) is 10.3. The van der Waals surface area contributed by atoms with Crippen LogP contribution in [-0.2, 0) is 0 Å². The van der Waals surface area contributed by atoms with Crippen LogP contribution in [0, 0.1) is 13.8 Å². The lowest BCUT2D eigenvalue weighted by atomic mass is 10.2. The molecule has 0 aliphatic rings. The summed E-state index contributed by atoms with van der Waals surface area (Å²) < 4.78 is 0. The molecule has 92 valence electrons. The standard InChI is InChI=1S/C13H14N4O/c1-8-3-4-15-7-11(8)17-13(18)10-5-9(2)16-12(14)6-10/h3-7H,1-2H3,(H2,14,16)(H,17,18). The Labute approximate surface area is 105 Å². The van der Waals surface area contributed by atoms with Gasteiger partial charge < -0.3 is 11.1 Å². The SMILES string of the molecule is Cc1cc(C(=O)Nc2cnccc2C)cc(N)n1. The number of aryl methyl sites for hydroxylation is 2. The molecule has 2 heterocycles. The average Bonchev–Trinajstić information content (AvgIpc) is 2.31. The number of nitrogen functional groups attached to an aromatic ring is 1. The summed E-state index contributed by atoms with van der Waals surface area (Å²) in [4.78, 5) is 20.1. The van der Waals surface area contributed by atoms with Crippen LogP contribution in [0.5, 0.6) is 0 Å². The van der Waals surface area contributed by atoms with Gasteiger partial charge in [0.25, 0.3) is 5.91 Å². The molecule has 0 saturated heterocycles. The van der Waals surface area contributed by atoms with Crippen molar-refractivity contribution in [3.63, 3.8) is 0 Å². The van der Waals surface area contributed by atoms with Crippen LogP contribution in [0.2, 0.25) is 0 Å². The number of nitrogens with two attached hydrogens (primary N) is 1. The van der Waals surface area contributed by atoms with Crippen molar-refractivity contribution in [3.8, 4) is 0 Å². The Hall–Kier alpha value is -2.43. The van der Waals surface area contributed by atoms with Crippen molar-refractivity contribution in [1.82, 2.24) is 9.97 Å². The number of rotatable bonds is 2. The Bertz CT molecular complexity index is 575. The van der Waals surface area contributed by atoms with E-state index in [4.69, 9.17) is 5.73 Å². The lowest BCUT2D eigenvalue weighted by Crippen LogP contribution is -2.14. The fraction of sp³-hybridized carbons (Fsp3) is 0.154. The fourth-order valence-electron chi connectivity index (χ4n) is 1.61. The maximum Gasteiger partial charge on any atom is 0.255 e. The molecule has 0 fully saturated rings. The van der Waals surface area contributed by atoms with Crippen LogP contribution in [0.15, 0.2) is 30.6 Å². The van der Waals surface area contributed by atoms with E-state index in [2.05, 4.69) is 15.3 Å². The predicted octanol–water partition coefficient (Wildman–Crippen LogP) is 1.93. The van der Waals surface area contributed by atoms with Gasteiger partial charge in [-0.15, -0.1) is 0 Å². The summed E-state index contributed by atoms with van der Waals surface area (Å²) in [5.41, 5.74) is 8.46. The maximum absolute atomic E-state index is 12.0. The number of pyridine rings is 2. The first-order chi connectivity index (χ1) is 8.56. The highest BCUT2D eigenvalue weighted by Gasteiger charge is 2.09. The van der Waals surface area contributed by atoms with E-state index in [0.717, 1.165) is 5.56 Å². The van der Waals surface area contributed by atoms with E-state index in [0.29, 0.717) is 22.8 Å². The number of hydrogen-bond acceptors (Lipinski definition) is 4. The first-order valence-electron chi connectivity index (χ1n) is 5.52. The molecular formula is C13H14N4O. The van der Waals surface area contributed by atoms with Gasteiger partial charge in [-0.3, -0.25) is 9.78 Å². The van der Waals surface area contributed by atoms with Crippen LogP contribution in [0.3, 0.4) is 0 Å². The van der Waals surface area contributed by atoms with E-state index >= 15 is 0 Å². The second kappa shape index (κ2) is 4.83. The molecule has 18 heavy (non-hydrogen) atoms. The van der Waals surface area contributed by atoms with E-state index < -0.39 is 0 Å². The quantitative estimate of drug-likeness (QED) is 0.843. The second-order valence-corrected chi connectivity index (χ2v) is 4.07. The van der Waals surface area contributed by atoms with Crippen LogP contribution in [0.25, 0.3) is 0 Å². The van der Waals surface area contributed by atoms with Crippen molar-refractivity contribution in [3.05, 3.63) is 47.4 Å². The molecule has 0 aliphatic heterocycles. The van der Waals surface area contributed by atoms with Crippen LogP contribution < -0.4 is 11.1 Å². The normalized spacial score (nSPS) is 10.1. The summed E-state index contributed by atoms with van der Waals surface area (Å²) in [7, 11) is 0. The minimum atomic E-state index is -0.219. The topological polar surface area (TPSA) is 80.9 Å². The Balaban J connectivity index is 2.25. The second-order valence-electron chi connectivity index (χ2n) is 4.07. The van der Waals surface area contributed by atoms with Gasteiger partial charge in [0, 0.05) is 17.5 Å². The van der Waals surface area contributed by atoms with E-state index in [1.165, 1.54) is 0 Å². The molecule has 0 atom stereocenters. The predicted molar refractivity (Wildman–Crippen MR) is 70.3 cm³/mol. The third kappa shape index (κ3) is 2.63. The highest BCUT2D eigenvalue weighted by atomic mass is 16.1. The minimum absolute atomic E-state index is 0.219. The largest absolute Gasteiger partial charge is 0.384 e. The smallest absolute Gasteiger partial charge is 0.255 e. The molecular weight excluding hydrogens is 228 g/mol. The molecule has 0 spiro atoms. The number of nitrogens with zero attached hydrogens (tertiary/aromatic N) is 2. The fourth-order valence-corrected chi connectivity index (χ4v) is 1.61. The zero-order valence-electron chi connectivity index (χ0n) is 10.3. The van der Waals surface area contributed by atoms with Gasteiger partial charge in [-0.25, -0.2) is 4.98 Å². The van der Waals surface area contributed by atoms with Gasteiger partial charge in [-0.05, 0) is 37.6 Å². The molecule has 3 N–H and O–H groups in total. The number of nitrogens with one attached hydrogen (secondary N) is 1. The molecule has 5 heteroatoms. The summed E-state index contributed by atoms with van der Waals surface area (Å²) in [6.45, 7) is 3.70. The Kier molecular flexibility index (Phi) is 3.23. The summed E-state index contributed by atoms with van der Waals surface area (Å²) in [6.07, 6.45) is 3.30. The summed E-state index contributed by atoms with van der Waals surface area (Å²) >= 11 is 0. The van der Waals surface area contributed by atoms with Gasteiger partial charge in [0.15, 0.2) is 0 Å². The third-order valence-corrected chi connectivity index (χ3v) is 2.52. The molecule has 2 rings (SSSR count). The summed E-state index contributed by atoms with van der Waals surface area (Å²) in [6, 6.07) is 5.08. The molecule has 5 nitrogen and oxygen atoms in total. The van der Waals surface area contributed by atoms with E-state index in [1.807, 2.05) is 13.0 Å². The molecule has 0 aromatic carbocycles. The third-order valence-electron chi connectivity index (χ3n) is 2.52. The number of carbonyl (C=O) groups is 1. The van der Waals surface area contributed by atoms with E-state index in [1.54, 1.807) is 31.5 Å². The van der Waals surface area contributed by atoms with Crippen molar-refractivity contribution < 1.29 is 4.79 Å². The highest BCUT2D eigenvalue weighted by Crippen LogP contribution is 2.14. The molecule has 0 radical (unpaired) electrons. The van der Waals surface area contributed by atoms with Gasteiger partial charge in [-0.1, -0.05) is 0 Å². The maximum atomic E-state index is 12.0. The zero-order chi connectivity index (χ0) is 13.1. The van der Waals surface area contributed by atoms with Crippen molar-refractivity contribution in [1.29, 1.82) is 0 Å². The van der Waals surface area contributed by atoms with Crippen molar-refractivity contribution >= 4 is 17.4 Å². The number of anilines is 2. The number of carbonyl (C=O) groups excluding carboxylic acids is 1. The number of amides is 1. The van der Waals surface area contributed by atoms with Gasteiger partial charge in [-0.2, -0.15) is 0 Å². The van der Waals surface area contributed by atoms with E-state index in [9.17, 15) is 4.79 Å². The van der Waals surface area contributed by atoms with Crippen LogP contribution in [0.1, 0.15) is 21.6 Å². The Morgan fingerprint density at radius 1 is 1.33 bits per heavy atom. The highest BCUT2D eigenvalue weighted by molar-refractivity contribution is 6.05. The molecule has 0 saturated carbocycles. The Morgan fingerprint density at radius 2 is 2.11 bits per heavy atom. The van der Waals surface area contributed by atoms with Crippen molar-refractivity contribution in [2.24, 2.45) is 0 Å². The van der Waals surface area contributed by atoms with Crippen LogP contribution in [-0.4, -0.2) is 15.9 Å². The van der Waals surface area contributed by atoms with Gasteiger partial charge >= 0.3 is 0 Å².